The van der Waals surface area contributed by atoms with Gasteiger partial charge in [0.2, 0.25) is 0 Å². The Balaban J connectivity index is 1.39. The van der Waals surface area contributed by atoms with Crippen molar-refractivity contribution in [1.82, 2.24) is 19.9 Å². The summed E-state index contributed by atoms with van der Waals surface area (Å²) in [6.07, 6.45) is 0. The van der Waals surface area contributed by atoms with Crippen molar-refractivity contribution in [2.24, 2.45) is 0 Å². The molecule has 0 spiro atoms. The van der Waals surface area contributed by atoms with Crippen LogP contribution in [0.15, 0.2) is 97.1 Å². The summed E-state index contributed by atoms with van der Waals surface area (Å²) in [4.78, 5) is 37.8. The first-order valence-corrected chi connectivity index (χ1v) is 18.9. The molecule has 2 N–H and O–H groups in total. The summed E-state index contributed by atoms with van der Waals surface area (Å²) in [6.45, 7) is 0. The molecule has 44 heavy (non-hydrogen) atoms. The number of hydrogen-bond acceptors (Lipinski definition) is 6. The summed E-state index contributed by atoms with van der Waals surface area (Å²) in [6, 6.07) is 24.1. The summed E-state index contributed by atoms with van der Waals surface area (Å²) >= 11 is -0.548. The van der Waals surface area contributed by atoms with Crippen LogP contribution in [0.1, 0.15) is 0 Å². The normalized spacial score (nSPS) is 11.0. The minimum absolute atomic E-state index is 0.0408. The van der Waals surface area contributed by atoms with Gasteiger partial charge in [-0.15, -0.1) is 0 Å². The molecule has 0 radical (unpaired) electrons. The van der Waals surface area contributed by atoms with Gasteiger partial charge in [0.05, 0.1) is 0 Å². The van der Waals surface area contributed by atoms with Crippen LogP contribution >= 0.6 is 0 Å². The Bertz CT molecular complexity index is 1830. The zero-order valence-electron chi connectivity index (χ0n) is 22.2. The molecule has 14 heteroatoms. The molecule has 6 rings (SSSR count). The number of H-pyrrole nitrogens is 2. The number of benzene rings is 4. The van der Waals surface area contributed by atoms with E-state index in [9.17, 15) is 29.0 Å². The van der Waals surface area contributed by atoms with Crippen LogP contribution in [0.25, 0.3) is 45.3 Å². The fourth-order valence-corrected chi connectivity index (χ4v) is 10.6. The van der Waals surface area contributed by atoms with Crippen LogP contribution in [0.5, 0.6) is 0 Å². The predicted molar refractivity (Wildman–Crippen MR) is 163 cm³/mol. The average molecular weight is 722 g/mol. The Labute approximate surface area is 258 Å². The van der Waals surface area contributed by atoms with Crippen molar-refractivity contribution in [1.29, 1.82) is 0 Å². The van der Waals surface area contributed by atoms with Gasteiger partial charge in [-0.2, -0.15) is 0 Å². The summed E-state index contributed by atoms with van der Waals surface area (Å²) in [5.41, 5.74) is 4.05. The zero-order valence-corrected chi connectivity index (χ0v) is 25.7. The molecule has 0 amide bonds. The molecule has 2 aromatic heterocycles. The molecule has 0 atom stereocenters. The monoisotopic (exact) mass is 724 g/mol. The third-order valence-corrected chi connectivity index (χ3v) is 12.9. The van der Waals surface area contributed by atoms with E-state index in [1.54, 1.807) is 48.5 Å². The molecule has 4 aromatic carbocycles. The molecule has 0 unspecified atom stereocenters. The van der Waals surface area contributed by atoms with E-state index in [4.69, 9.17) is 9.97 Å². The van der Waals surface area contributed by atoms with Crippen molar-refractivity contribution in [3.05, 3.63) is 129 Å². The van der Waals surface area contributed by atoms with Crippen molar-refractivity contribution >= 4 is 46.8 Å². The molecule has 2 heterocycles. The molecule has 0 aliphatic heterocycles. The van der Waals surface area contributed by atoms with Crippen molar-refractivity contribution in [3.63, 3.8) is 0 Å². The quantitative estimate of drug-likeness (QED) is 0.120. The van der Waals surface area contributed by atoms with E-state index < -0.39 is 9.85 Å². The van der Waals surface area contributed by atoms with Crippen LogP contribution < -0.4 is 9.18 Å². The third kappa shape index (κ3) is 6.19. The number of non-ortho nitro benzene ring substituents is 2. The fraction of sp³-hybridized carbons (Fsp3) is 0. The first-order chi connectivity index (χ1) is 21.2. The van der Waals surface area contributed by atoms with Crippen LogP contribution in [0.2, 0.25) is 0 Å². The summed E-state index contributed by atoms with van der Waals surface area (Å²) in [5.74, 6) is 0.294. The molecular weight excluding hydrogens is 704 g/mol. The van der Waals surface area contributed by atoms with Gasteiger partial charge < -0.3 is 0 Å². The van der Waals surface area contributed by atoms with Crippen LogP contribution in [0, 0.1) is 31.9 Å². The number of nitrogens with one attached hydrogen (secondary N) is 2. The molecular formula is C30H18F2N6O4Se2. The van der Waals surface area contributed by atoms with Crippen LogP contribution in [-0.4, -0.2) is 56.0 Å². The summed E-state index contributed by atoms with van der Waals surface area (Å²) < 4.78 is 28.7. The summed E-state index contributed by atoms with van der Waals surface area (Å²) in [7, 11) is 0. The number of nitro groups is 2. The van der Waals surface area contributed by atoms with Crippen molar-refractivity contribution in [2.75, 3.05) is 0 Å². The zero-order chi connectivity index (χ0) is 30.8. The average Bonchev–Trinajstić information content (AvgIpc) is 3.66. The third-order valence-electron chi connectivity index (χ3n) is 6.51. The van der Waals surface area contributed by atoms with Gasteiger partial charge in [0.1, 0.15) is 0 Å². The van der Waals surface area contributed by atoms with E-state index in [2.05, 4.69) is 9.97 Å². The van der Waals surface area contributed by atoms with E-state index in [-0.39, 0.29) is 49.3 Å². The number of rotatable bonds is 9. The fourth-order valence-electron chi connectivity index (χ4n) is 4.29. The van der Waals surface area contributed by atoms with E-state index in [0.29, 0.717) is 45.3 Å². The first kappa shape index (κ1) is 29.1. The summed E-state index contributed by atoms with van der Waals surface area (Å²) in [5, 5.41) is 22.4. The molecule has 0 bridgehead atoms. The maximum absolute atomic E-state index is 13.6. The van der Waals surface area contributed by atoms with Gasteiger partial charge >= 0.3 is 260 Å². The van der Waals surface area contributed by atoms with Crippen LogP contribution in [0.4, 0.5) is 20.2 Å². The van der Waals surface area contributed by atoms with E-state index in [1.165, 1.54) is 48.5 Å². The second-order valence-corrected chi connectivity index (χ2v) is 15.3. The van der Waals surface area contributed by atoms with Gasteiger partial charge in [0.25, 0.3) is 0 Å². The number of halogens is 2. The SMILES string of the molecule is O=[N+]([O-])c1ccc(-c2[nH]c(-c3ccc(F)cc3)nc2[Se][Se]c2nc(-c3ccc(F)cc3)[nH]c2-c2ccc([N+](=O)[O-])cc2)cc1. The number of aromatic amines is 2. The topological polar surface area (TPSA) is 144 Å². The van der Waals surface area contributed by atoms with Crippen molar-refractivity contribution in [2.45, 2.75) is 0 Å². The number of aromatic nitrogens is 4. The molecule has 0 aliphatic carbocycles. The van der Waals surface area contributed by atoms with Gasteiger partial charge in [0.15, 0.2) is 0 Å². The standard InChI is InChI=1S/C30H18F2N6O4Se2/c31-21-9-1-19(2-10-21)27-33-25(17-5-13-23(14-6-17)37(39)40)29(35-27)43-44-30-26(18-7-15-24(16-8-18)38(41)42)34-28(36-30)20-3-11-22(32)12-4-20/h1-16H,(H,33,35)(H,34,36). The molecule has 0 fully saturated rings. The van der Waals surface area contributed by atoms with Crippen molar-refractivity contribution < 1.29 is 18.6 Å². The van der Waals surface area contributed by atoms with Crippen LogP contribution in [0.3, 0.4) is 0 Å². The van der Waals surface area contributed by atoms with E-state index in [0.717, 1.165) is 9.18 Å². The Morgan fingerprint density at radius 1 is 0.523 bits per heavy atom. The first-order valence-electron chi connectivity index (χ1n) is 12.8. The van der Waals surface area contributed by atoms with E-state index in [1.807, 2.05) is 0 Å². The molecule has 0 aliphatic rings. The molecule has 6 aromatic rings. The van der Waals surface area contributed by atoms with Gasteiger partial charge in [-0.1, -0.05) is 0 Å². The number of hydrogen-bond donors (Lipinski definition) is 2. The Kier molecular flexibility index (Phi) is 8.14. The number of imidazole rings is 2. The predicted octanol–water partition coefficient (Wildman–Crippen LogP) is 5.17. The Hall–Kier alpha value is -5.00. The van der Waals surface area contributed by atoms with Crippen LogP contribution in [-0.2, 0) is 0 Å². The minimum atomic E-state index is -0.468. The van der Waals surface area contributed by atoms with Gasteiger partial charge in [0, 0.05) is 0 Å². The second-order valence-electron chi connectivity index (χ2n) is 9.32. The van der Waals surface area contributed by atoms with Crippen molar-refractivity contribution in [3.8, 4) is 45.3 Å². The molecule has 218 valence electrons. The van der Waals surface area contributed by atoms with Gasteiger partial charge in [-0.3, -0.25) is 0 Å². The maximum atomic E-state index is 13.6. The Morgan fingerprint density at radius 2 is 0.841 bits per heavy atom. The molecule has 0 saturated carbocycles. The second kappa shape index (κ2) is 12.3. The van der Waals surface area contributed by atoms with Gasteiger partial charge in [-0.25, -0.2) is 0 Å². The van der Waals surface area contributed by atoms with Gasteiger partial charge in [-0.05, 0) is 0 Å². The number of nitrogens with zero attached hydrogens (tertiary/aromatic N) is 4. The molecule has 10 nitrogen and oxygen atoms in total. The van der Waals surface area contributed by atoms with E-state index >= 15 is 0 Å². The molecule has 0 saturated heterocycles. The number of nitro benzene ring substituents is 2. The Morgan fingerprint density at radius 3 is 1.16 bits per heavy atom.